The molecule has 2 aromatic heterocycles. The van der Waals surface area contributed by atoms with Gasteiger partial charge in [-0.1, -0.05) is 13.8 Å². The number of nitrogens with zero attached hydrogens (tertiary/aromatic N) is 4. The molecule has 0 aromatic carbocycles. The van der Waals surface area contributed by atoms with Crippen molar-refractivity contribution in [2.24, 2.45) is 12.5 Å². The van der Waals surface area contributed by atoms with Gasteiger partial charge in [-0.3, -0.25) is 4.79 Å². The van der Waals surface area contributed by atoms with Gasteiger partial charge < -0.3 is 9.13 Å². The standard InChI is InChI=1S/C16H22N4O/c1-10-6-12-13(7-16(3,4)8-14(12)21)20(10)11(2)15-18-17-9-19(15)5/h6,9,11H,7-8H2,1-5H3. The minimum Gasteiger partial charge on any atom is -0.338 e. The van der Waals surface area contributed by atoms with Crippen molar-refractivity contribution >= 4 is 5.78 Å². The summed E-state index contributed by atoms with van der Waals surface area (Å²) in [4.78, 5) is 12.4. The van der Waals surface area contributed by atoms with E-state index in [0.717, 1.165) is 29.2 Å². The first-order valence-electron chi connectivity index (χ1n) is 7.38. The van der Waals surface area contributed by atoms with Crippen LogP contribution in [0.5, 0.6) is 0 Å². The summed E-state index contributed by atoms with van der Waals surface area (Å²) >= 11 is 0. The number of ketones is 1. The van der Waals surface area contributed by atoms with E-state index in [4.69, 9.17) is 0 Å². The van der Waals surface area contributed by atoms with Crippen molar-refractivity contribution in [1.29, 1.82) is 0 Å². The van der Waals surface area contributed by atoms with Gasteiger partial charge in [0.05, 0.1) is 6.04 Å². The molecule has 3 rings (SSSR count). The molecular weight excluding hydrogens is 264 g/mol. The normalized spacial score (nSPS) is 18.6. The number of hydrogen-bond donors (Lipinski definition) is 0. The highest BCUT2D eigenvalue weighted by Gasteiger charge is 2.35. The first kappa shape index (κ1) is 14.0. The van der Waals surface area contributed by atoms with E-state index in [1.165, 1.54) is 0 Å². The van der Waals surface area contributed by atoms with Gasteiger partial charge >= 0.3 is 0 Å². The van der Waals surface area contributed by atoms with Crippen LogP contribution in [-0.2, 0) is 13.5 Å². The summed E-state index contributed by atoms with van der Waals surface area (Å²) in [6.07, 6.45) is 3.26. The van der Waals surface area contributed by atoms with E-state index in [2.05, 4.69) is 42.5 Å². The molecule has 1 aliphatic rings. The number of rotatable bonds is 2. The molecule has 0 N–H and O–H groups in total. The lowest BCUT2D eigenvalue weighted by Gasteiger charge is -2.31. The number of fused-ring (bicyclic) bond motifs is 1. The van der Waals surface area contributed by atoms with Crippen molar-refractivity contribution in [3.63, 3.8) is 0 Å². The Balaban J connectivity index is 2.13. The Morgan fingerprint density at radius 2 is 2.05 bits per heavy atom. The zero-order valence-electron chi connectivity index (χ0n) is 13.3. The van der Waals surface area contributed by atoms with Crippen molar-refractivity contribution in [1.82, 2.24) is 19.3 Å². The van der Waals surface area contributed by atoms with E-state index < -0.39 is 0 Å². The lowest BCUT2D eigenvalue weighted by atomic mass is 9.76. The topological polar surface area (TPSA) is 52.7 Å². The molecule has 2 heterocycles. The minimum atomic E-state index is 0.0201. The van der Waals surface area contributed by atoms with Gasteiger partial charge in [0.1, 0.15) is 6.33 Å². The molecule has 0 fully saturated rings. The molecule has 0 saturated heterocycles. The second-order valence-electron chi connectivity index (χ2n) is 6.93. The Labute approximate surface area is 125 Å². The third-order valence-electron chi connectivity index (χ3n) is 4.43. The number of carbonyl (C=O) groups is 1. The number of hydrogen-bond acceptors (Lipinski definition) is 3. The summed E-state index contributed by atoms with van der Waals surface area (Å²) < 4.78 is 4.18. The smallest absolute Gasteiger partial charge is 0.165 e. The van der Waals surface area contributed by atoms with Crippen LogP contribution in [0.15, 0.2) is 12.4 Å². The second kappa shape index (κ2) is 4.55. The summed E-state index contributed by atoms with van der Waals surface area (Å²) in [6, 6.07) is 2.10. The average Bonchev–Trinajstić information content (AvgIpc) is 2.91. The number of aromatic nitrogens is 4. The van der Waals surface area contributed by atoms with Gasteiger partial charge in [0.2, 0.25) is 0 Å². The maximum atomic E-state index is 12.4. The lowest BCUT2D eigenvalue weighted by molar-refractivity contribution is 0.0909. The van der Waals surface area contributed by atoms with Crippen molar-refractivity contribution in [2.45, 2.75) is 46.6 Å². The predicted molar refractivity (Wildman–Crippen MR) is 80.4 cm³/mol. The number of aryl methyl sites for hydroxylation is 2. The highest BCUT2D eigenvalue weighted by atomic mass is 16.1. The van der Waals surface area contributed by atoms with Crippen molar-refractivity contribution in [2.75, 3.05) is 0 Å². The summed E-state index contributed by atoms with van der Waals surface area (Å²) in [5.41, 5.74) is 3.17. The molecule has 5 heteroatoms. The predicted octanol–water partition coefficient (Wildman–Crippen LogP) is 2.69. The van der Waals surface area contributed by atoms with Crippen LogP contribution in [0.1, 0.15) is 60.8 Å². The molecule has 0 radical (unpaired) electrons. The molecule has 1 atom stereocenters. The molecule has 1 aliphatic carbocycles. The first-order valence-corrected chi connectivity index (χ1v) is 7.38. The van der Waals surface area contributed by atoms with Crippen molar-refractivity contribution < 1.29 is 4.79 Å². The van der Waals surface area contributed by atoms with Gasteiger partial charge in [-0.25, -0.2) is 0 Å². The molecule has 0 aliphatic heterocycles. The van der Waals surface area contributed by atoms with Crippen molar-refractivity contribution in [3.05, 3.63) is 35.2 Å². The molecule has 1 unspecified atom stereocenters. The summed E-state index contributed by atoms with van der Waals surface area (Å²) in [5.74, 6) is 1.17. The second-order valence-corrected chi connectivity index (χ2v) is 6.93. The van der Waals surface area contributed by atoms with Gasteiger partial charge in [0.15, 0.2) is 11.6 Å². The van der Waals surface area contributed by atoms with E-state index in [1.54, 1.807) is 6.33 Å². The largest absolute Gasteiger partial charge is 0.338 e. The average molecular weight is 286 g/mol. The zero-order valence-corrected chi connectivity index (χ0v) is 13.3. The molecule has 112 valence electrons. The molecular formula is C16H22N4O. The fourth-order valence-electron chi connectivity index (χ4n) is 3.50. The first-order chi connectivity index (χ1) is 9.80. The van der Waals surface area contributed by atoms with E-state index in [9.17, 15) is 4.79 Å². The monoisotopic (exact) mass is 286 g/mol. The van der Waals surface area contributed by atoms with E-state index in [0.29, 0.717) is 6.42 Å². The minimum absolute atomic E-state index is 0.0201. The SMILES string of the molecule is Cc1cc2c(n1C(C)c1nncn1C)CC(C)(C)CC2=O. The maximum Gasteiger partial charge on any atom is 0.165 e. The molecule has 0 bridgehead atoms. The Kier molecular flexibility index (Phi) is 3.04. The maximum absolute atomic E-state index is 12.4. The van der Waals surface area contributed by atoms with E-state index >= 15 is 0 Å². The fraction of sp³-hybridized carbons (Fsp3) is 0.562. The Morgan fingerprint density at radius 3 is 2.67 bits per heavy atom. The highest BCUT2D eigenvalue weighted by Crippen LogP contribution is 2.38. The number of carbonyl (C=O) groups excluding carboxylic acids is 1. The van der Waals surface area contributed by atoms with Gasteiger partial charge in [0, 0.05) is 30.4 Å². The third-order valence-corrected chi connectivity index (χ3v) is 4.43. The highest BCUT2D eigenvalue weighted by molar-refractivity contribution is 5.99. The summed E-state index contributed by atoms with van der Waals surface area (Å²) in [7, 11) is 1.95. The van der Waals surface area contributed by atoms with Crippen LogP contribution in [0.4, 0.5) is 0 Å². The molecule has 21 heavy (non-hydrogen) atoms. The Morgan fingerprint density at radius 1 is 1.33 bits per heavy atom. The van der Waals surface area contributed by atoms with Crippen LogP contribution in [0, 0.1) is 12.3 Å². The van der Waals surface area contributed by atoms with Gasteiger partial charge in [-0.05, 0) is 31.7 Å². The Hall–Kier alpha value is -1.91. The molecule has 0 saturated carbocycles. The lowest BCUT2D eigenvalue weighted by Crippen LogP contribution is -2.29. The van der Waals surface area contributed by atoms with Gasteiger partial charge in [0.25, 0.3) is 0 Å². The fourth-order valence-corrected chi connectivity index (χ4v) is 3.50. The van der Waals surface area contributed by atoms with E-state index in [1.807, 2.05) is 17.7 Å². The van der Waals surface area contributed by atoms with Crippen LogP contribution in [-0.4, -0.2) is 25.1 Å². The van der Waals surface area contributed by atoms with Gasteiger partial charge in [-0.2, -0.15) is 0 Å². The summed E-state index contributed by atoms with van der Waals surface area (Å²) in [5, 5.41) is 8.19. The van der Waals surface area contributed by atoms with Crippen LogP contribution in [0.3, 0.4) is 0 Å². The van der Waals surface area contributed by atoms with Crippen LogP contribution in [0.2, 0.25) is 0 Å². The zero-order chi connectivity index (χ0) is 15.4. The Bertz CT molecular complexity index is 708. The quantitative estimate of drug-likeness (QED) is 0.853. The summed E-state index contributed by atoms with van der Waals surface area (Å²) in [6.45, 7) is 8.50. The molecule has 5 nitrogen and oxygen atoms in total. The van der Waals surface area contributed by atoms with Crippen LogP contribution < -0.4 is 0 Å². The third kappa shape index (κ3) is 2.20. The van der Waals surface area contributed by atoms with Crippen LogP contribution >= 0.6 is 0 Å². The molecule has 2 aromatic rings. The van der Waals surface area contributed by atoms with Crippen LogP contribution in [0.25, 0.3) is 0 Å². The van der Waals surface area contributed by atoms with E-state index in [-0.39, 0.29) is 17.2 Å². The molecule has 0 amide bonds. The van der Waals surface area contributed by atoms with Gasteiger partial charge in [-0.15, -0.1) is 10.2 Å². The number of Topliss-reactive ketones (excluding diaryl/α,β-unsaturated/α-hetero) is 1. The van der Waals surface area contributed by atoms with Crippen molar-refractivity contribution in [3.8, 4) is 0 Å². The molecule has 0 spiro atoms.